The summed E-state index contributed by atoms with van der Waals surface area (Å²) in [6.07, 6.45) is 0. The quantitative estimate of drug-likeness (QED) is 0.910. The molecule has 0 aliphatic heterocycles. The van der Waals surface area contributed by atoms with Gasteiger partial charge in [-0.25, -0.2) is 13.1 Å². The minimum Gasteiger partial charge on any atom is -0.324 e. The third-order valence-electron chi connectivity index (χ3n) is 2.51. The largest absolute Gasteiger partial charge is 0.324 e. The van der Waals surface area contributed by atoms with Gasteiger partial charge in [-0.15, -0.1) is 11.3 Å². The average molecular weight is 319 g/mol. The lowest BCUT2D eigenvalue weighted by molar-refractivity contribution is 0.498. The van der Waals surface area contributed by atoms with Gasteiger partial charge < -0.3 is 5.73 Å². The molecule has 0 fully saturated rings. The lowest BCUT2D eigenvalue weighted by Crippen LogP contribution is -2.44. The normalized spacial score (nSPS) is 13.1. The van der Waals surface area contributed by atoms with E-state index >= 15 is 0 Å². The summed E-state index contributed by atoms with van der Waals surface area (Å²) in [5.74, 6) is 0. The summed E-state index contributed by atoms with van der Waals surface area (Å²) >= 11 is 7.29. The molecule has 1 aromatic carbocycles. The molecule has 0 unspecified atom stereocenters. The molecule has 0 saturated heterocycles. The molecule has 19 heavy (non-hydrogen) atoms. The monoisotopic (exact) mass is 318 g/mol. The van der Waals surface area contributed by atoms with Crippen LogP contribution in [0.3, 0.4) is 0 Å². The fourth-order valence-electron chi connectivity index (χ4n) is 1.54. The topological polar surface area (TPSA) is 72.2 Å². The van der Waals surface area contributed by atoms with Crippen LogP contribution in [0.5, 0.6) is 0 Å². The maximum absolute atomic E-state index is 12.3. The highest BCUT2D eigenvalue weighted by Crippen LogP contribution is 2.31. The Balaban J connectivity index is 2.41. The Labute approximate surface area is 121 Å². The lowest BCUT2D eigenvalue weighted by Gasteiger charge is -2.18. The van der Waals surface area contributed by atoms with Crippen LogP contribution in [0, 0.1) is 0 Å². The minimum atomic E-state index is -3.57. The second-order valence-corrected chi connectivity index (χ2v) is 8.14. The van der Waals surface area contributed by atoms with Gasteiger partial charge in [-0.05, 0) is 32.0 Å². The zero-order chi connectivity index (χ0) is 14.3. The maximum atomic E-state index is 12.3. The van der Waals surface area contributed by atoms with Gasteiger partial charge in [0.2, 0.25) is 10.0 Å². The first-order valence-electron chi connectivity index (χ1n) is 5.64. The average Bonchev–Trinajstić information content (AvgIpc) is 2.69. The highest BCUT2D eigenvalue weighted by atomic mass is 35.5. The highest BCUT2D eigenvalue weighted by Gasteiger charge is 2.22. The Morgan fingerprint density at radius 1 is 1.42 bits per heavy atom. The fraction of sp³-hybridized carbons (Fsp3) is 0.333. The number of benzene rings is 1. The number of nitrogens with two attached hydrogens (primary N) is 1. The molecule has 0 radical (unpaired) electrons. The van der Waals surface area contributed by atoms with Gasteiger partial charge in [-0.1, -0.05) is 11.6 Å². The number of nitrogens with one attached hydrogen (secondary N) is 1. The molecule has 0 aliphatic carbocycles. The molecule has 0 saturated carbocycles. The number of fused-ring (bicyclic) bond motifs is 1. The van der Waals surface area contributed by atoms with E-state index < -0.39 is 15.6 Å². The third kappa shape index (κ3) is 3.46. The summed E-state index contributed by atoms with van der Waals surface area (Å²) in [5, 5.41) is 2.77. The van der Waals surface area contributed by atoms with Crippen LogP contribution in [0.15, 0.2) is 28.5 Å². The van der Waals surface area contributed by atoms with Gasteiger partial charge in [0.15, 0.2) is 0 Å². The van der Waals surface area contributed by atoms with Crippen molar-refractivity contribution < 1.29 is 8.42 Å². The lowest BCUT2D eigenvalue weighted by atomic mass is 10.1. The minimum absolute atomic E-state index is 0.174. The van der Waals surface area contributed by atoms with Crippen molar-refractivity contribution in [2.45, 2.75) is 24.3 Å². The Morgan fingerprint density at radius 2 is 2.11 bits per heavy atom. The summed E-state index contributed by atoms with van der Waals surface area (Å²) < 4.78 is 27.9. The van der Waals surface area contributed by atoms with E-state index in [1.807, 2.05) is 6.07 Å². The van der Waals surface area contributed by atoms with E-state index in [-0.39, 0.29) is 11.4 Å². The summed E-state index contributed by atoms with van der Waals surface area (Å²) in [6, 6.07) is 5.22. The van der Waals surface area contributed by atoms with Crippen molar-refractivity contribution in [2.75, 3.05) is 6.54 Å². The molecule has 0 atom stereocenters. The van der Waals surface area contributed by atoms with Gasteiger partial charge in [-0.3, -0.25) is 0 Å². The summed E-state index contributed by atoms with van der Waals surface area (Å²) in [7, 11) is -3.57. The number of sulfonamides is 1. The number of halogens is 1. The summed E-state index contributed by atoms with van der Waals surface area (Å²) in [6.45, 7) is 3.70. The van der Waals surface area contributed by atoms with E-state index in [9.17, 15) is 8.42 Å². The van der Waals surface area contributed by atoms with Crippen LogP contribution in [-0.2, 0) is 10.0 Å². The van der Waals surface area contributed by atoms with Crippen molar-refractivity contribution in [3.63, 3.8) is 0 Å². The molecular formula is C12H15ClN2O2S2. The van der Waals surface area contributed by atoms with Crippen LogP contribution in [0.1, 0.15) is 13.8 Å². The molecule has 4 nitrogen and oxygen atoms in total. The van der Waals surface area contributed by atoms with E-state index in [0.29, 0.717) is 10.4 Å². The number of hydrogen-bond donors (Lipinski definition) is 2. The van der Waals surface area contributed by atoms with E-state index in [1.54, 1.807) is 31.4 Å². The van der Waals surface area contributed by atoms with E-state index in [2.05, 4.69) is 4.72 Å². The van der Waals surface area contributed by atoms with E-state index in [4.69, 9.17) is 17.3 Å². The van der Waals surface area contributed by atoms with E-state index in [0.717, 1.165) is 4.70 Å². The molecule has 0 bridgehead atoms. The van der Waals surface area contributed by atoms with Crippen LogP contribution in [0.25, 0.3) is 10.1 Å². The Morgan fingerprint density at radius 3 is 2.74 bits per heavy atom. The Bertz CT molecular complexity index is 702. The molecule has 0 amide bonds. The SMILES string of the molecule is CC(C)(N)CNS(=O)(=O)c1csc2ccc(Cl)cc12. The molecule has 1 aromatic heterocycles. The zero-order valence-electron chi connectivity index (χ0n) is 10.6. The first kappa shape index (κ1) is 14.7. The van der Waals surface area contributed by atoms with Gasteiger partial charge in [-0.2, -0.15) is 0 Å². The smallest absolute Gasteiger partial charge is 0.242 e. The van der Waals surface area contributed by atoms with Crippen LogP contribution >= 0.6 is 22.9 Å². The van der Waals surface area contributed by atoms with Crippen LogP contribution < -0.4 is 10.5 Å². The van der Waals surface area contributed by atoms with Gasteiger partial charge in [0.1, 0.15) is 4.90 Å². The van der Waals surface area contributed by atoms with Gasteiger partial charge in [0, 0.05) is 32.6 Å². The van der Waals surface area contributed by atoms with Gasteiger partial charge in [0.25, 0.3) is 0 Å². The van der Waals surface area contributed by atoms with Crippen molar-refractivity contribution >= 4 is 43.0 Å². The summed E-state index contributed by atoms with van der Waals surface area (Å²) in [5.41, 5.74) is 5.19. The molecular weight excluding hydrogens is 304 g/mol. The molecule has 2 rings (SSSR count). The molecule has 2 aromatic rings. The zero-order valence-corrected chi connectivity index (χ0v) is 13.0. The van der Waals surface area contributed by atoms with Crippen LogP contribution in [0.2, 0.25) is 5.02 Å². The molecule has 7 heteroatoms. The molecule has 0 spiro atoms. The number of hydrogen-bond acceptors (Lipinski definition) is 4. The second kappa shape index (κ2) is 5.03. The first-order chi connectivity index (χ1) is 8.69. The number of thiophene rings is 1. The molecule has 0 aliphatic rings. The predicted molar refractivity (Wildman–Crippen MR) is 80.3 cm³/mol. The Hall–Kier alpha value is -0.660. The molecule has 3 N–H and O–H groups in total. The van der Waals surface area contributed by atoms with Gasteiger partial charge in [0.05, 0.1) is 0 Å². The predicted octanol–water partition coefficient (Wildman–Crippen LogP) is 2.57. The highest BCUT2D eigenvalue weighted by molar-refractivity contribution is 7.90. The van der Waals surface area contributed by atoms with Crippen molar-refractivity contribution in [1.29, 1.82) is 0 Å². The van der Waals surface area contributed by atoms with E-state index in [1.165, 1.54) is 11.3 Å². The van der Waals surface area contributed by atoms with Crippen LogP contribution in [0.4, 0.5) is 0 Å². The number of rotatable bonds is 4. The third-order valence-corrected chi connectivity index (χ3v) is 5.30. The van der Waals surface area contributed by atoms with Crippen LogP contribution in [-0.4, -0.2) is 20.5 Å². The first-order valence-corrected chi connectivity index (χ1v) is 8.38. The van der Waals surface area contributed by atoms with Crippen molar-refractivity contribution in [1.82, 2.24) is 4.72 Å². The van der Waals surface area contributed by atoms with Crippen molar-refractivity contribution in [3.05, 3.63) is 28.6 Å². The fourth-order valence-corrected chi connectivity index (χ4v) is 4.41. The van der Waals surface area contributed by atoms with Crippen molar-refractivity contribution in [3.8, 4) is 0 Å². The molecule has 104 valence electrons. The second-order valence-electron chi connectivity index (χ2n) is 5.05. The van der Waals surface area contributed by atoms with Gasteiger partial charge >= 0.3 is 0 Å². The molecule has 1 heterocycles. The van der Waals surface area contributed by atoms with Crippen molar-refractivity contribution in [2.24, 2.45) is 5.73 Å². The maximum Gasteiger partial charge on any atom is 0.242 e. The Kier molecular flexibility index (Phi) is 3.90. The summed E-state index contributed by atoms with van der Waals surface area (Å²) in [4.78, 5) is 0.249. The standard InChI is InChI=1S/C12H15ClN2O2S2/c1-12(2,14)7-15-19(16,17)11-6-18-10-4-3-8(13)5-9(10)11/h3-6,15H,7,14H2,1-2H3.